The molecule has 4 atom stereocenters. The number of rotatable bonds is 15. The molecule has 0 unspecified atom stereocenters. The van der Waals surface area contributed by atoms with Gasteiger partial charge >= 0.3 is 5.97 Å². The molecule has 5 nitrogen and oxygen atoms in total. The summed E-state index contributed by atoms with van der Waals surface area (Å²) >= 11 is 0. The van der Waals surface area contributed by atoms with Crippen LogP contribution in [0.4, 0.5) is 0 Å². The van der Waals surface area contributed by atoms with E-state index in [1.165, 1.54) is 0 Å². The van der Waals surface area contributed by atoms with Gasteiger partial charge in [-0.3, -0.25) is 9.59 Å². The number of aliphatic carboxylic acids is 1. The van der Waals surface area contributed by atoms with Crippen LogP contribution in [-0.4, -0.2) is 45.7 Å². The summed E-state index contributed by atoms with van der Waals surface area (Å²) < 4.78 is 13.4. The van der Waals surface area contributed by atoms with Crippen LogP contribution in [0.2, 0.25) is 36.3 Å². The molecule has 0 aliphatic carbocycles. The third-order valence-electron chi connectivity index (χ3n) is 8.16. The Labute approximate surface area is 206 Å². The summed E-state index contributed by atoms with van der Waals surface area (Å²) in [5.74, 6) is -1.36. The van der Waals surface area contributed by atoms with Crippen LogP contribution in [0, 0.1) is 17.3 Å². The zero-order valence-corrected chi connectivity index (χ0v) is 25.5. The Kier molecular flexibility index (Phi) is 12.0. The number of carbonyl (C=O) groups is 2. The molecule has 0 aliphatic heterocycles. The molecular weight excluding hydrogens is 448 g/mol. The second-order valence-corrected chi connectivity index (χ2v) is 21.2. The summed E-state index contributed by atoms with van der Waals surface area (Å²) in [5, 5.41) is 9.66. The summed E-state index contributed by atoms with van der Waals surface area (Å²) in [5.41, 5.74) is -0.953. The Bertz CT molecular complexity index is 654. The van der Waals surface area contributed by atoms with Crippen molar-refractivity contribution in [2.24, 2.45) is 17.3 Å². The Morgan fingerprint density at radius 1 is 0.970 bits per heavy atom. The lowest BCUT2D eigenvalue weighted by Crippen LogP contribution is -2.53. The van der Waals surface area contributed by atoms with Crippen LogP contribution in [-0.2, 0) is 18.4 Å². The molecule has 0 amide bonds. The topological polar surface area (TPSA) is 72.8 Å². The van der Waals surface area contributed by atoms with E-state index in [0.717, 1.165) is 18.1 Å². The lowest BCUT2D eigenvalue weighted by Gasteiger charge is -2.45. The first-order chi connectivity index (χ1) is 14.9. The Morgan fingerprint density at radius 2 is 1.42 bits per heavy atom. The fourth-order valence-corrected chi connectivity index (χ4v) is 8.55. The molecule has 0 aromatic heterocycles. The van der Waals surface area contributed by atoms with E-state index in [4.69, 9.17) is 8.85 Å². The maximum absolute atomic E-state index is 14.0. The van der Waals surface area contributed by atoms with Gasteiger partial charge in [-0.25, -0.2) is 0 Å². The summed E-state index contributed by atoms with van der Waals surface area (Å²) in [6.07, 6.45) is 0.698. The van der Waals surface area contributed by atoms with Crippen molar-refractivity contribution in [3.63, 3.8) is 0 Å². The largest absolute Gasteiger partial charge is 0.481 e. The van der Waals surface area contributed by atoms with Gasteiger partial charge in [0, 0.05) is 11.3 Å². The van der Waals surface area contributed by atoms with Gasteiger partial charge in [0.25, 0.3) is 0 Å². The molecule has 33 heavy (non-hydrogen) atoms. The molecule has 0 spiro atoms. The third kappa shape index (κ3) is 8.15. The van der Waals surface area contributed by atoms with E-state index in [2.05, 4.69) is 61.2 Å². The van der Waals surface area contributed by atoms with Gasteiger partial charge in [0.2, 0.25) is 0 Å². The van der Waals surface area contributed by atoms with Crippen LogP contribution in [0.1, 0.15) is 75.7 Å². The van der Waals surface area contributed by atoms with Gasteiger partial charge in [-0.1, -0.05) is 75.3 Å². The first-order valence-corrected chi connectivity index (χ1v) is 18.0. The predicted molar refractivity (Wildman–Crippen MR) is 144 cm³/mol. The first-order valence-electron chi connectivity index (χ1n) is 12.6. The van der Waals surface area contributed by atoms with Gasteiger partial charge in [-0.2, -0.15) is 0 Å². The monoisotopic (exact) mass is 500 g/mol. The minimum Gasteiger partial charge on any atom is -0.481 e. The van der Waals surface area contributed by atoms with Crippen molar-refractivity contribution in [1.29, 1.82) is 0 Å². The summed E-state index contributed by atoms with van der Waals surface area (Å²) in [7, 11) is -4.26. The van der Waals surface area contributed by atoms with Crippen molar-refractivity contribution in [3.05, 3.63) is 12.7 Å². The van der Waals surface area contributed by atoms with Crippen LogP contribution in [0.15, 0.2) is 12.7 Å². The average Bonchev–Trinajstić information content (AvgIpc) is 2.72. The molecule has 0 radical (unpaired) electrons. The van der Waals surface area contributed by atoms with Crippen LogP contribution < -0.4 is 0 Å². The Hall–Kier alpha value is -0.766. The van der Waals surface area contributed by atoms with E-state index in [1.54, 1.807) is 0 Å². The van der Waals surface area contributed by atoms with E-state index in [-0.39, 0.29) is 29.3 Å². The highest BCUT2D eigenvalue weighted by Crippen LogP contribution is 2.41. The van der Waals surface area contributed by atoms with Crippen molar-refractivity contribution >= 4 is 28.4 Å². The highest BCUT2D eigenvalue weighted by atomic mass is 28.4. The number of ketones is 1. The van der Waals surface area contributed by atoms with E-state index in [9.17, 15) is 14.7 Å². The highest BCUT2D eigenvalue weighted by molar-refractivity contribution is 6.74. The van der Waals surface area contributed by atoms with Crippen LogP contribution in [0.3, 0.4) is 0 Å². The number of hydrogen-bond acceptors (Lipinski definition) is 4. The van der Waals surface area contributed by atoms with Gasteiger partial charge in [0.15, 0.2) is 16.6 Å². The zero-order chi connectivity index (χ0) is 26.4. The molecule has 0 aliphatic rings. The summed E-state index contributed by atoms with van der Waals surface area (Å²) in [4.78, 5) is 25.8. The number of Topliss-reactive ketones (excluding diaryl/α,β-unsaturated/α-hetero) is 1. The smallest absolute Gasteiger partial charge is 0.305 e. The quantitative estimate of drug-likeness (QED) is 0.189. The zero-order valence-electron chi connectivity index (χ0n) is 23.5. The fraction of sp³-hybridized carbons (Fsp3) is 0.846. The molecule has 0 saturated carbocycles. The first kappa shape index (κ1) is 32.2. The number of hydrogen-bond donors (Lipinski definition) is 1. The van der Waals surface area contributed by atoms with Crippen LogP contribution >= 0.6 is 0 Å². The summed E-state index contributed by atoms with van der Waals surface area (Å²) in [6, 6.07) is 2.71. The standard InChI is InChI=1S/C26H52O5Si2/c1-14-19(5)23(31-32(12,13)25(7,8)9)20(6)24(29)26(10,11)21(18-22(27)28)30-33(15-2,16-3)17-4/h14,19-21,23H,1,15-18H2,2-13H3,(H,27,28)/t19-,20+,21-,23-/m0/s1. The molecule has 0 fully saturated rings. The average molecular weight is 501 g/mol. The van der Waals surface area contributed by atoms with Crippen molar-refractivity contribution in [2.75, 3.05) is 0 Å². The van der Waals surface area contributed by atoms with Gasteiger partial charge in [-0.15, -0.1) is 6.58 Å². The normalized spacial score (nSPS) is 17.2. The summed E-state index contributed by atoms with van der Waals surface area (Å²) in [6.45, 7) is 28.9. The fourth-order valence-electron chi connectivity index (χ4n) is 4.11. The van der Waals surface area contributed by atoms with Crippen molar-refractivity contribution in [3.8, 4) is 0 Å². The van der Waals surface area contributed by atoms with Crippen molar-refractivity contribution in [2.45, 2.75) is 124 Å². The molecule has 0 rings (SSSR count). The second kappa shape index (κ2) is 12.3. The van der Waals surface area contributed by atoms with Gasteiger partial charge in [0.1, 0.15) is 5.78 Å². The Morgan fingerprint density at radius 3 is 1.76 bits per heavy atom. The number of carboxylic acid groups (broad SMARTS) is 1. The van der Waals surface area contributed by atoms with Gasteiger partial charge in [0.05, 0.1) is 18.6 Å². The molecule has 194 valence electrons. The van der Waals surface area contributed by atoms with Crippen molar-refractivity contribution in [1.82, 2.24) is 0 Å². The number of carbonyl (C=O) groups excluding carboxylic acids is 1. The molecule has 0 bridgehead atoms. The van der Waals surface area contributed by atoms with Crippen LogP contribution in [0.5, 0.6) is 0 Å². The molecule has 0 aromatic rings. The lowest BCUT2D eigenvalue weighted by atomic mass is 9.73. The Balaban J connectivity index is 6.22. The van der Waals surface area contributed by atoms with E-state index >= 15 is 0 Å². The molecular formula is C26H52O5Si2. The molecule has 1 N–H and O–H groups in total. The minimum absolute atomic E-state index is 0.00244. The van der Waals surface area contributed by atoms with Gasteiger partial charge < -0.3 is 14.0 Å². The van der Waals surface area contributed by atoms with E-state index in [1.807, 2.05) is 33.8 Å². The second-order valence-electron chi connectivity index (χ2n) is 11.8. The third-order valence-corrected chi connectivity index (χ3v) is 17.3. The maximum atomic E-state index is 14.0. The van der Waals surface area contributed by atoms with E-state index < -0.39 is 40.0 Å². The molecule has 0 heterocycles. The maximum Gasteiger partial charge on any atom is 0.305 e. The highest BCUT2D eigenvalue weighted by Gasteiger charge is 2.48. The number of carboxylic acids is 1. The predicted octanol–water partition coefficient (Wildman–Crippen LogP) is 7.30. The molecule has 0 saturated heterocycles. The minimum atomic E-state index is -2.14. The van der Waals surface area contributed by atoms with Crippen molar-refractivity contribution < 1.29 is 23.5 Å². The molecule has 0 aromatic carbocycles. The lowest BCUT2D eigenvalue weighted by molar-refractivity contribution is -0.146. The SMILES string of the molecule is C=C[C@H](C)[C@H](O[Si](C)(C)C(C)(C)C)[C@@H](C)C(=O)C(C)(C)[C@H](CC(=O)O)O[Si](CC)(CC)CC. The van der Waals surface area contributed by atoms with E-state index in [0.29, 0.717) is 0 Å². The van der Waals surface area contributed by atoms with Crippen LogP contribution in [0.25, 0.3) is 0 Å². The molecule has 7 heteroatoms. The van der Waals surface area contributed by atoms with Gasteiger partial charge in [-0.05, 0) is 42.2 Å².